The van der Waals surface area contributed by atoms with Crippen molar-refractivity contribution in [2.75, 3.05) is 7.11 Å². The van der Waals surface area contributed by atoms with Crippen molar-refractivity contribution in [1.29, 1.82) is 0 Å². The molecule has 3 aromatic rings. The van der Waals surface area contributed by atoms with Gasteiger partial charge in [-0.1, -0.05) is 29.4 Å². The highest BCUT2D eigenvalue weighted by atomic mass is 16.5. The van der Waals surface area contributed by atoms with Crippen LogP contribution in [-0.2, 0) is 0 Å². The third-order valence-electron chi connectivity index (χ3n) is 2.82. The molecule has 1 aromatic heterocycles. The van der Waals surface area contributed by atoms with Crippen LogP contribution < -0.4 is 4.74 Å². The zero-order valence-corrected chi connectivity index (χ0v) is 9.38. The average Bonchev–Trinajstić information content (AvgIpc) is 2.91. The predicted octanol–water partition coefficient (Wildman–Crippen LogP) is 3.50. The fraction of sp³-hybridized carbons (Fsp3) is 0.0714. The molecule has 17 heavy (non-hydrogen) atoms. The first-order valence-electron chi connectivity index (χ1n) is 5.36. The number of benzene rings is 2. The van der Waals surface area contributed by atoms with Gasteiger partial charge in [-0.25, -0.2) is 0 Å². The second-order valence-corrected chi connectivity index (χ2v) is 3.75. The Labute approximate surface area is 98.6 Å². The number of methoxy groups -OCH3 is 1. The SMILES string of the molecule is COc1ccc(-c2ccon2)c2ccccc12. The third-order valence-corrected chi connectivity index (χ3v) is 2.82. The molecule has 0 fully saturated rings. The minimum atomic E-state index is 0.837. The molecule has 0 saturated carbocycles. The minimum Gasteiger partial charge on any atom is -0.496 e. The Balaban J connectivity index is 2.34. The summed E-state index contributed by atoms with van der Waals surface area (Å²) in [7, 11) is 1.68. The van der Waals surface area contributed by atoms with Crippen LogP contribution in [0.1, 0.15) is 0 Å². The van der Waals surface area contributed by atoms with Gasteiger partial charge >= 0.3 is 0 Å². The van der Waals surface area contributed by atoms with E-state index in [1.807, 2.05) is 36.4 Å². The van der Waals surface area contributed by atoms with Gasteiger partial charge in [0.05, 0.1) is 7.11 Å². The van der Waals surface area contributed by atoms with Crippen molar-refractivity contribution >= 4 is 10.8 Å². The molecule has 0 aliphatic heterocycles. The van der Waals surface area contributed by atoms with Crippen LogP contribution in [0.2, 0.25) is 0 Å². The molecule has 0 aliphatic rings. The molecule has 0 spiro atoms. The lowest BCUT2D eigenvalue weighted by Crippen LogP contribution is -1.87. The first-order valence-corrected chi connectivity index (χ1v) is 5.36. The van der Waals surface area contributed by atoms with E-state index >= 15 is 0 Å². The Bertz CT molecular complexity index is 644. The van der Waals surface area contributed by atoms with Crippen molar-refractivity contribution in [2.24, 2.45) is 0 Å². The van der Waals surface area contributed by atoms with Gasteiger partial charge in [0.25, 0.3) is 0 Å². The van der Waals surface area contributed by atoms with E-state index in [1.54, 1.807) is 13.4 Å². The second-order valence-electron chi connectivity index (χ2n) is 3.75. The van der Waals surface area contributed by atoms with Gasteiger partial charge in [-0.2, -0.15) is 0 Å². The molecule has 3 rings (SSSR count). The van der Waals surface area contributed by atoms with Gasteiger partial charge in [-0.05, 0) is 17.5 Å². The van der Waals surface area contributed by atoms with E-state index in [1.165, 1.54) is 0 Å². The fourth-order valence-electron chi connectivity index (χ4n) is 2.02. The lowest BCUT2D eigenvalue weighted by molar-refractivity contribution is 0.419. The van der Waals surface area contributed by atoms with Gasteiger partial charge in [0.1, 0.15) is 17.7 Å². The normalized spacial score (nSPS) is 10.6. The molecule has 0 aliphatic carbocycles. The van der Waals surface area contributed by atoms with E-state index in [2.05, 4.69) is 11.2 Å². The Kier molecular flexibility index (Phi) is 2.29. The molecule has 0 amide bonds. The number of rotatable bonds is 2. The average molecular weight is 225 g/mol. The van der Waals surface area contributed by atoms with Crippen LogP contribution in [0.5, 0.6) is 5.75 Å². The lowest BCUT2D eigenvalue weighted by Gasteiger charge is -2.08. The molecule has 0 bridgehead atoms. The molecular formula is C14H11NO2. The smallest absolute Gasteiger partial charge is 0.126 e. The maximum Gasteiger partial charge on any atom is 0.126 e. The first kappa shape index (κ1) is 9.90. The number of nitrogens with zero attached hydrogens (tertiary/aromatic N) is 1. The number of hydrogen-bond donors (Lipinski definition) is 0. The van der Waals surface area contributed by atoms with Crippen molar-refractivity contribution in [3.8, 4) is 17.0 Å². The molecular weight excluding hydrogens is 214 g/mol. The van der Waals surface area contributed by atoms with Crippen molar-refractivity contribution < 1.29 is 9.26 Å². The molecule has 0 unspecified atom stereocenters. The van der Waals surface area contributed by atoms with Crippen LogP contribution in [0.4, 0.5) is 0 Å². The standard InChI is InChI=1S/C14H11NO2/c1-16-14-7-6-11(13-8-9-17-15-13)10-4-2-3-5-12(10)14/h2-9H,1H3. The summed E-state index contributed by atoms with van der Waals surface area (Å²) >= 11 is 0. The van der Waals surface area contributed by atoms with E-state index in [4.69, 9.17) is 9.26 Å². The van der Waals surface area contributed by atoms with Crippen LogP contribution in [0, 0.1) is 0 Å². The highest BCUT2D eigenvalue weighted by molar-refractivity contribution is 5.99. The van der Waals surface area contributed by atoms with Gasteiger partial charge in [0.2, 0.25) is 0 Å². The van der Waals surface area contributed by atoms with Crippen LogP contribution in [0.25, 0.3) is 22.0 Å². The van der Waals surface area contributed by atoms with Gasteiger partial charge in [-0.3, -0.25) is 0 Å². The van der Waals surface area contributed by atoms with Gasteiger partial charge < -0.3 is 9.26 Å². The van der Waals surface area contributed by atoms with Crippen LogP contribution >= 0.6 is 0 Å². The number of fused-ring (bicyclic) bond motifs is 1. The molecule has 0 atom stereocenters. The largest absolute Gasteiger partial charge is 0.496 e. The summed E-state index contributed by atoms with van der Waals surface area (Å²) in [4.78, 5) is 0. The Morgan fingerprint density at radius 1 is 1.00 bits per heavy atom. The summed E-state index contributed by atoms with van der Waals surface area (Å²) in [5, 5.41) is 6.17. The summed E-state index contributed by atoms with van der Waals surface area (Å²) < 4.78 is 10.2. The molecule has 0 saturated heterocycles. The van der Waals surface area contributed by atoms with Crippen molar-refractivity contribution in [3.63, 3.8) is 0 Å². The Morgan fingerprint density at radius 3 is 2.53 bits per heavy atom. The number of aromatic nitrogens is 1. The Morgan fingerprint density at radius 2 is 1.82 bits per heavy atom. The number of ether oxygens (including phenoxy) is 1. The van der Waals surface area contributed by atoms with Crippen molar-refractivity contribution in [1.82, 2.24) is 5.16 Å². The Hall–Kier alpha value is -2.29. The summed E-state index contributed by atoms with van der Waals surface area (Å²) in [6.07, 6.45) is 1.58. The van der Waals surface area contributed by atoms with E-state index in [9.17, 15) is 0 Å². The fourth-order valence-corrected chi connectivity index (χ4v) is 2.02. The number of hydrogen-bond acceptors (Lipinski definition) is 3. The van der Waals surface area contributed by atoms with E-state index < -0.39 is 0 Å². The maximum absolute atomic E-state index is 5.36. The van der Waals surface area contributed by atoms with E-state index in [-0.39, 0.29) is 0 Å². The van der Waals surface area contributed by atoms with Gasteiger partial charge in [-0.15, -0.1) is 0 Å². The minimum absolute atomic E-state index is 0.837. The molecule has 2 aromatic carbocycles. The van der Waals surface area contributed by atoms with Crippen molar-refractivity contribution in [3.05, 3.63) is 48.7 Å². The van der Waals surface area contributed by atoms with E-state index in [0.29, 0.717) is 0 Å². The quantitative estimate of drug-likeness (QED) is 0.669. The lowest BCUT2D eigenvalue weighted by atomic mass is 10.0. The second kappa shape index (κ2) is 3.94. The summed E-state index contributed by atoms with van der Waals surface area (Å²) in [5.41, 5.74) is 1.89. The predicted molar refractivity (Wildman–Crippen MR) is 66.0 cm³/mol. The topological polar surface area (TPSA) is 35.3 Å². The molecule has 3 heteroatoms. The summed E-state index contributed by atoms with van der Waals surface area (Å²) in [6.45, 7) is 0. The molecule has 0 radical (unpaired) electrons. The molecule has 3 nitrogen and oxygen atoms in total. The maximum atomic E-state index is 5.36. The monoisotopic (exact) mass is 225 g/mol. The molecule has 1 heterocycles. The van der Waals surface area contributed by atoms with Crippen molar-refractivity contribution in [2.45, 2.75) is 0 Å². The summed E-state index contributed by atoms with van der Waals surface area (Å²) in [6, 6.07) is 13.9. The zero-order chi connectivity index (χ0) is 11.7. The van der Waals surface area contributed by atoms with Crippen LogP contribution in [0.3, 0.4) is 0 Å². The van der Waals surface area contributed by atoms with Gasteiger partial charge in [0.15, 0.2) is 0 Å². The van der Waals surface area contributed by atoms with Crippen LogP contribution in [0.15, 0.2) is 53.3 Å². The van der Waals surface area contributed by atoms with Gasteiger partial charge in [0, 0.05) is 17.0 Å². The molecule has 0 N–H and O–H groups in total. The molecule has 84 valence electrons. The summed E-state index contributed by atoms with van der Waals surface area (Å²) in [5.74, 6) is 0.868. The highest BCUT2D eigenvalue weighted by Crippen LogP contribution is 2.33. The van der Waals surface area contributed by atoms with Crippen LogP contribution in [-0.4, -0.2) is 12.3 Å². The third kappa shape index (κ3) is 1.56. The van der Waals surface area contributed by atoms with E-state index in [0.717, 1.165) is 27.8 Å². The zero-order valence-electron chi connectivity index (χ0n) is 9.38. The first-order chi connectivity index (χ1) is 8.40. The highest BCUT2D eigenvalue weighted by Gasteiger charge is 2.09.